The van der Waals surface area contributed by atoms with Crippen LogP contribution in [-0.2, 0) is 6.42 Å². The number of aromatic nitrogens is 2. The van der Waals surface area contributed by atoms with Gasteiger partial charge in [-0.15, -0.1) is 0 Å². The molecule has 7 nitrogen and oxygen atoms in total. The Bertz CT molecular complexity index is 1410. The third kappa shape index (κ3) is 4.38. The summed E-state index contributed by atoms with van der Waals surface area (Å²) in [5.74, 6) is 1.19. The Hall–Kier alpha value is -3.91. The third-order valence-electron chi connectivity index (χ3n) is 5.10. The van der Waals surface area contributed by atoms with Crippen molar-refractivity contribution in [3.8, 4) is 22.9 Å². The predicted octanol–water partition coefficient (Wildman–Crippen LogP) is 7.12. The number of carbonyl (C=O) groups excluding carboxylic acids is 1. The van der Waals surface area contributed by atoms with Gasteiger partial charge in [0.25, 0.3) is 0 Å². The van der Waals surface area contributed by atoms with Crippen LogP contribution in [0, 0.1) is 0 Å². The summed E-state index contributed by atoms with van der Waals surface area (Å²) >= 11 is 3.39. The standard InChI is InChI=1S/C25H19BrN4O3/c1-2-15-13-18(28-25(31)27-17-9-7-16(26)8-10-17)14-19-22(15)30-24(21-6-4-12-33-21)23(29-19)20-5-3-11-32-20/h3-14H,2H2,1H3,(H2,27,28,31). The summed E-state index contributed by atoms with van der Waals surface area (Å²) in [6, 6.07) is 18.0. The number of hydrogen-bond donors (Lipinski definition) is 2. The van der Waals surface area contributed by atoms with E-state index >= 15 is 0 Å². The molecule has 0 saturated heterocycles. The molecule has 0 fully saturated rings. The van der Waals surface area contributed by atoms with Gasteiger partial charge < -0.3 is 19.5 Å². The van der Waals surface area contributed by atoms with Crippen molar-refractivity contribution in [2.75, 3.05) is 10.6 Å². The molecule has 0 aliphatic heterocycles. The van der Waals surface area contributed by atoms with E-state index in [1.165, 1.54) is 0 Å². The molecule has 2 amide bonds. The lowest BCUT2D eigenvalue weighted by molar-refractivity contribution is 0.262. The summed E-state index contributed by atoms with van der Waals surface area (Å²) in [5, 5.41) is 5.73. The maximum Gasteiger partial charge on any atom is 0.323 e. The first kappa shape index (κ1) is 21.0. The van der Waals surface area contributed by atoms with E-state index < -0.39 is 0 Å². The highest BCUT2D eigenvalue weighted by Gasteiger charge is 2.19. The number of rotatable bonds is 5. The van der Waals surface area contributed by atoms with Crippen LogP contribution < -0.4 is 10.6 Å². The quantitative estimate of drug-likeness (QED) is 0.266. The normalized spacial score (nSPS) is 11.0. The van der Waals surface area contributed by atoms with Crippen LogP contribution in [-0.4, -0.2) is 16.0 Å². The molecule has 5 aromatic rings. The zero-order valence-electron chi connectivity index (χ0n) is 17.6. The second-order valence-corrected chi connectivity index (χ2v) is 8.23. The lowest BCUT2D eigenvalue weighted by Crippen LogP contribution is -2.19. The molecule has 0 radical (unpaired) electrons. The molecule has 2 N–H and O–H groups in total. The maximum atomic E-state index is 12.6. The highest BCUT2D eigenvalue weighted by Crippen LogP contribution is 2.33. The van der Waals surface area contributed by atoms with E-state index in [0.717, 1.165) is 15.6 Å². The van der Waals surface area contributed by atoms with Crippen LogP contribution in [0.1, 0.15) is 12.5 Å². The molecule has 2 aromatic carbocycles. The van der Waals surface area contributed by atoms with Crippen LogP contribution in [0.25, 0.3) is 33.9 Å². The first-order valence-corrected chi connectivity index (χ1v) is 11.2. The number of urea groups is 1. The summed E-state index contributed by atoms with van der Waals surface area (Å²) in [4.78, 5) is 22.3. The second-order valence-electron chi connectivity index (χ2n) is 7.32. The fourth-order valence-electron chi connectivity index (χ4n) is 3.57. The number of amides is 2. The van der Waals surface area contributed by atoms with Crippen molar-refractivity contribution in [1.82, 2.24) is 9.97 Å². The molecular formula is C25H19BrN4O3. The molecule has 164 valence electrons. The molecule has 33 heavy (non-hydrogen) atoms. The molecule has 0 unspecified atom stereocenters. The number of halogens is 1. The van der Waals surface area contributed by atoms with E-state index in [1.807, 2.05) is 55.5 Å². The van der Waals surface area contributed by atoms with Crippen LogP contribution in [0.15, 0.2) is 86.5 Å². The second kappa shape index (κ2) is 8.91. The van der Waals surface area contributed by atoms with Crippen molar-refractivity contribution < 1.29 is 13.6 Å². The minimum absolute atomic E-state index is 0.342. The van der Waals surface area contributed by atoms with Crippen molar-refractivity contribution in [3.05, 3.63) is 83.2 Å². The minimum atomic E-state index is -0.342. The molecule has 0 spiro atoms. The van der Waals surface area contributed by atoms with E-state index in [-0.39, 0.29) is 6.03 Å². The predicted molar refractivity (Wildman–Crippen MR) is 131 cm³/mol. The van der Waals surface area contributed by atoms with Gasteiger partial charge in [0.15, 0.2) is 11.5 Å². The fourth-order valence-corrected chi connectivity index (χ4v) is 3.83. The zero-order valence-corrected chi connectivity index (χ0v) is 19.2. The number of nitrogens with zero attached hydrogens (tertiary/aromatic N) is 2. The third-order valence-corrected chi connectivity index (χ3v) is 5.63. The molecule has 8 heteroatoms. The molecule has 0 saturated carbocycles. The molecule has 0 aliphatic carbocycles. The summed E-state index contributed by atoms with van der Waals surface area (Å²) in [7, 11) is 0. The van der Waals surface area contributed by atoms with Gasteiger partial charge >= 0.3 is 6.03 Å². The van der Waals surface area contributed by atoms with Gasteiger partial charge in [0, 0.05) is 15.8 Å². The van der Waals surface area contributed by atoms with E-state index in [0.29, 0.717) is 46.2 Å². The highest BCUT2D eigenvalue weighted by atomic mass is 79.9. The van der Waals surface area contributed by atoms with Crippen molar-refractivity contribution in [2.24, 2.45) is 0 Å². The molecule has 3 aromatic heterocycles. The average molecular weight is 503 g/mol. The molecule has 3 heterocycles. The van der Waals surface area contributed by atoms with E-state index in [2.05, 4.69) is 26.6 Å². The van der Waals surface area contributed by atoms with Gasteiger partial charge in [-0.1, -0.05) is 22.9 Å². The Morgan fingerprint density at radius 3 is 2.12 bits per heavy atom. The number of fused-ring (bicyclic) bond motifs is 1. The van der Waals surface area contributed by atoms with Crippen LogP contribution in [0.4, 0.5) is 16.2 Å². The molecule has 5 rings (SSSR count). The number of nitrogens with one attached hydrogen (secondary N) is 2. The van der Waals surface area contributed by atoms with Gasteiger partial charge in [0.05, 0.1) is 23.6 Å². The smallest absolute Gasteiger partial charge is 0.323 e. The van der Waals surface area contributed by atoms with Crippen LogP contribution in [0.2, 0.25) is 0 Å². The summed E-state index contributed by atoms with van der Waals surface area (Å²) < 4.78 is 12.2. The molecular weight excluding hydrogens is 484 g/mol. The maximum absolute atomic E-state index is 12.6. The lowest BCUT2D eigenvalue weighted by Gasteiger charge is -2.13. The Balaban J connectivity index is 1.54. The van der Waals surface area contributed by atoms with Crippen molar-refractivity contribution in [2.45, 2.75) is 13.3 Å². The Labute approximate surface area is 198 Å². The van der Waals surface area contributed by atoms with Crippen LogP contribution in [0.3, 0.4) is 0 Å². The number of benzene rings is 2. The summed E-state index contributed by atoms with van der Waals surface area (Å²) in [6.45, 7) is 2.04. The topological polar surface area (TPSA) is 93.2 Å². The van der Waals surface area contributed by atoms with Gasteiger partial charge in [-0.3, -0.25) is 0 Å². The Kier molecular flexibility index (Phi) is 5.66. The highest BCUT2D eigenvalue weighted by molar-refractivity contribution is 9.10. The SMILES string of the molecule is CCc1cc(NC(=O)Nc2ccc(Br)cc2)cc2nc(-c3ccco3)c(-c3ccco3)nc12. The van der Waals surface area contributed by atoms with Crippen LogP contribution >= 0.6 is 15.9 Å². The monoisotopic (exact) mass is 502 g/mol. The van der Waals surface area contributed by atoms with Crippen molar-refractivity contribution >= 4 is 44.4 Å². The largest absolute Gasteiger partial charge is 0.463 e. The van der Waals surface area contributed by atoms with E-state index in [9.17, 15) is 4.79 Å². The minimum Gasteiger partial charge on any atom is -0.463 e. The van der Waals surface area contributed by atoms with Crippen molar-refractivity contribution in [3.63, 3.8) is 0 Å². The van der Waals surface area contributed by atoms with Gasteiger partial charge in [0.1, 0.15) is 11.4 Å². The van der Waals surface area contributed by atoms with Gasteiger partial charge in [0.2, 0.25) is 0 Å². The number of carbonyl (C=O) groups is 1. The fraction of sp³-hybridized carbons (Fsp3) is 0.0800. The summed E-state index contributed by atoms with van der Waals surface area (Å²) in [5.41, 5.74) is 4.84. The zero-order chi connectivity index (χ0) is 22.8. The molecule has 0 atom stereocenters. The average Bonchev–Trinajstić information content (AvgIpc) is 3.54. The van der Waals surface area contributed by atoms with Crippen molar-refractivity contribution in [1.29, 1.82) is 0 Å². The number of anilines is 2. The molecule has 0 aliphatic rings. The van der Waals surface area contributed by atoms with E-state index in [1.54, 1.807) is 24.7 Å². The first-order valence-electron chi connectivity index (χ1n) is 10.4. The molecule has 0 bridgehead atoms. The lowest BCUT2D eigenvalue weighted by atomic mass is 10.1. The van der Waals surface area contributed by atoms with Crippen LogP contribution in [0.5, 0.6) is 0 Å². The van der Waals surface area contributed by atoms with Gasteiger partial charge in [-0.25, -0.2) is 14.8 Å². The summed E-state index contributed by atoms with van der Waals surface area (Å²) in [6.07, 6.45) is 3.91. The van der Waals surface area contributed by atoms with E-state index in [4.69, 9.17) is 18.8 Å². The number of aryl methyl sites for hydroxylation is 1. The van der Waals surface area contributed by atoms with Gasteiger partial charge in [-0.2, -0.15) is 0 Å². The Morgan fingerprint density at radius 2 is 1.52 bits per heavy atom. The first-order chi connectivity index (χ1) is 16.1. The number of furan rings is 2. The van der Waals surface area contributed by atoms with Gasteiger partial charge in [-0.05, 0) is 72.6 Å². The Morgan fingerprint density at radius 1 is 0.879 bits per heavy atom. The number of hydrogen-bond acceptors (Lipinski definition) is 5.